The molecule has 134 valence electrons. The summed E-state index contributed by atoms with van der Waals surface area (Å²) in [5.74, 6) is 0.0955. The third kappa shape index (κ3) is 6.02. The molecule has 0 bridgehead atoms. The van der Waals surface area contributed by atoms with Gasteiger partial charge >= 0.3 is 0 Å². The first-order valence-corrected chi connectivity index (χ1v) is 9.12. The number of para-hydroxylation sites is 1. The normalized spacial score (nSPS) is 10.9. The third-order valence-electron chi connectivity index (χ3n) is 4.57. The van der Waals surface area contributed by atoms with Crippen molar-refractivity contribution in [1.82, 2.24) is 4.90 Å². The minimum absolute atomic E-state index is 0.0955. The number of aryl methyl sites for hydroxylation is 3. The van der Waals surface area contributed by atoms with Crippen LogP contribution in [0.5, 0.6) is 0 Å². The van der Waals surface area contributed by atoms with Gasteiger partial charge in [0, 0.05) is 18.7 Å². The van der Waals surface area contributed by atoms with Crippen LogP contribution < -0.4 is 5.32 Å². The second kappa shape index (κ2) is 9.38. The van der Waals surface area contributed by atoms with Crippen molar-refractivity contribution in [2.75, 3.05) is 18.9 Å². The van der Waals surface area contributed by atoms with E-state index in [4.69, 9.17) is 0 Å². The van der Waals surface area contributed by atoms with E-state index in [0.29, 0.717) is 6.42 Å². The molecule has 0 unspecified atom stereocenters. The van der Waals surface area contributed by atoms with Gasteiger partial charge in [0.2, 0.25) is 5.91 Å². The molecule has 0 spiro atoms. The maximum absolute atomic E-state index is 12.2. The Balaban J connectivity index is 1.74. The van der Waals surface area contributed by atoms with Crippen LogP contribution in [0.1, 0.15) is 42.0 Å². The number of rotatable bonds is 8. The zero-order valence-electron chi connectivity index (χ0n) is 15.9. The van der Waals surface area contributed by atoms with Gasteiger partial charge < -0.3 is 10.2 Å². The minimum Gasteiger partial charge on any atom is -0.326 e. The molecule has 0 aliphatic heterocycles. The molecule has 3 heteroatoms. The predicted molar refractivity (Wildman–Crippen MR) is 106 cm³/mol. The van der Waals surface area contributed by atoms with Crippen molar-refractivity contribution >= 4 is 11.6 Å². The van der Waals surface area contributed by atoms with Crippen LogP contribution in [0.2, 0.25) is 0 Å². The molecule has 0 saturated carbocycles. The molecule has 0 aliphatic rings. The average Bonchev–Trinajstić information content (AvgIpc) is 2.59. The molecule has 1 amide bonds. The van der Waals surface area contributed by atoms with Crippen LogP contribution in [0, 0.1) is 13.8 Å². The van der Waals surface area contributed by atoms with Crippen molar-refractivity contribution in [2.45, 2.75) is 46.6 Å². The van der Waals surface area contributed by atoms with Crippen LogP contribution in [-0.2, 0) is 17.8 Å². The molecule has 0 aliphatic carbocycles. The highest BCUT2D eigenvalue weighted by atomic mass is 16.1. The fourth-order valence-corrected chi connectivity index (χ4v) is 2.99. The molecule has 2 aromatic carbocycles. The van der Waals surface area contributed by atoms with Gasteiger partial charge in [-0.1, -0.05) is 49.4 Å². The third-order valence-corrected chi connectivity index (χ3v) is 4.57. The predicted octanol–water partition coefficient (Wildman–Crippen LogP) is 4.72. The van der Waals surface area contributed by atoms with E-state index in [9.17, 15) is 4.79 Å². The number of benzene rings is 2. The van der Waals surface area contributed by atoms with Gasteiger partial charge in [-0.25, -0.2) is 0 Å². The highest BCUT2D eigenvalue weighted by Gasteiger charge is 2.08. The topological polar surface area (TPSA) is 32.3 Å². The molecule has 0 atom stereocenters. The van der Waals surface area contributed by atoms with Gasteiger partial charge in [0.05, 0.1) is 0 Å². The first kappa shape index (κ1) is 19.2. The van der Waals surface area contributed by atoms with E-state index in [2.05, 4.69) is 48.5 Å². The van der Waals surface area contributed by atoms with Gasteiger partial charge in [0.25, 0.3) is 0 Å². The van der Waals surface area contributed by atoms with E-state index in [1.807, 2.05) is 32.0 Å². The second-order valence-electron chi connectivity index (χ2n) is 6.83. The van der Waals surface area contributed by atoms with Crippen molar-refractivity contribution in [1.29, 1.82) is 0 Å². The quantitative estimate of drug-likeness (QED) is 0.755. The number of amides is 1. The van der Waals surface area contributed by atoms with Crippen LogP contribution in [0.15, 0.2) is 42.5 Å². The standard InChI is InChI=1S/C22H30N2O/c1-5-19-11-13-20(14-12-19)16-24(4)15-7-10-21(25)23-22-17(2)8-6-9-18(22)3/h6,8-9,11-14H,5,7,10,15-16H2,1-4H3,(H,23,25). The van der Waals surface area contributed by atoms with E-state index in [-0.39, 0.29) is 5.91 Å². The lowest BCUT2D eigenvalue weighted by Crippen LogP contribution is -2.21. The van der Waals surface area contributed by atoms with Crippen LogP contribution in [-0.4, -0.2) is 24.4 Å². The summed E-state index contributed by atoms with van der Waals surface area (Å²) in [4.78, 5) is 14.5. The summed E-state index contributed by atoms with van der Waals surface area (Å²) in [5, 5.41) is 3.06. The van der Waals surface area contributed by atoms with Crippen molar-refractivity contribution in [3.05, 3.63) is 64.7 Å². The van der Waals surface area contributed by atoms with Gasteiger partial charge in [-0.05, 0) is 62.5 Å². The number of nitrogens with one attached hydrogen (secondary N) is 1. The zero-order valence-corrected chi connectivity index (χ0v) is 15.9. The molecule has 0 fully saturated rings. The SMILES string of the molecule is CCc1ccc(CN(C)CCCC(=O)Nc2c(C)cccc2C)cc1. The van der Waals surface area contributed by atoms with Gasteiger partial charge in [-0.15, -0.1) is 0 Å². The van der Waals surface area contributed by atoms with Gasteiger partial charge in [-0.3, -0.25) is 4.79 Å². The maximum atomic E-state index is 12.2. The first-order valence-electron chi connectivity index (χ1n) is 9.12. The monoisotopic (exact) mass is 338 g/mol. The number of carbonyl (C=O) groups excluding carboxylic acids is 1. The van der Waals surface area contributed by atoms with E-state index < -0.39 is 0 Å². The lowest BCUT2D eigenvalue weighted by molar-refractivity contribution is -0.116. The Morgan fingerprint density at radius 3 is 2.20 bits per heavy atom. The second-order valence-corrected chi connectivity index (χ2v) is 6.83. The Bertz CT molecular complexity index is 671. The average molecular weight is 338 g/mol. The summed E-state index contributed by atoms with van der Waals surface area (Å²) >= 11 is 0. The summed E-state index contributed by atoms with van der Waals surface area (Å²) in [6.07, 6.45) is 2.48. The Morgan fingerprint density at radius 2 is 1.60 bits per heavy atom. The number of hydrogen-bond acceptors (Lipinski definition) is 2. The van der Waals surface area contributed by atoms with E-state index in [1.54, 1.807) is 0 Å². The lowest BCUT2D eigenvalue weighted by atomic mass is 10.1. The van der Waals surface area contributed by atoms with Crippen LogP contribution in [0.4, 0.5) is 5.69 Å². The highest BCUT2D eigenvalue weighted by Crippen LogP contribution is 2.19. The van der Waals surface area contributed by atoms with Crippen molar-refractivity contribution in [3.63, 3.8) is 0 Å². The van der Waals surface area contributed by atoms with E-state index >= 15 is 0 Å². The molecule has 0 radical (unpaired) electrons. The Morgan fingerprint density at radius 1 is 1.00 bits per heavy atom. The summed E-state index contributed by atoms with van der Waals surface area (Å²) in [5.41, 5.74) is 5.87. The van der Waals surface area contributed by atoms with Crippen LogP contribution >= 0.6 is 0 Å². The Labute approximate surface area is 152 Å². The van der Waals surface area contributed by atoms with Crippen molar-refractivity contribution in [2.24, 2.45) is 0 Å². The molecular formula is C22H30N2O. The van der Waals surface area contributed by atoms with Gasteiger partial charge in [0.1, 0.15) is 0 Å². The molecule has 2 rings (SSSR count). The Hall–Kier alpha value is -2.13. The largest absolute Gasteiger partial charge is 0.326 e. The molecule has 2 aromatic rings. The van der Waals surface area contributed by atoms with Gasteiger partial charge in [0.15, 0.2) is 0 Å². The number of carbonyl (C=O) groups is 1. The summed E-state index contributed by atoms with van der Waals surface area (Å²) < 4.78 is 0. The number of hydrogen-bond donors (Lipinski definition) is 1. The fraction of sp³-hybridized carbons (Fsp3) is 0.409. The number of anilines is 1. The van der Waals surface area contributed by atoms with Crippen LogP contribution in [0.25, 0.3) is 0 Å². The molecule has 1 N–H and O–H groups in total. The first-order chi connectivity index (χ1) is 12.0. The molecule has 3 nitrogen and oxygen atoms in total. The van der Waals surface area contributed by atoms with E-state index in [1.165, 1.54) is 11.1 Å². The molecule has 0 saturated heterocycles. The van der Waals surface area contributed by atoms with Crippen LogP contribution in [0.3, 0.4) is 0 Å². The van der Waals surface area contributed by atoms with Crippen molar-refractivity contribution < 1.29 is 4.79 Å². The molecule has 0 heterocycles. The van der Waals surface area contributed by atoms with E-state index in [0.717, 1.165) is 42.7 Å². The Kier molecular flexibility index (Phi) is 7.20. The minimum atomic E-state index is 0.0955. The highest BCUT2D eigenvalue weighted by molar-refractivity contribution is 5.92. The number of nitrogens with zero attached hydrogens (tertiary/aromatic N) is 1. The molecular weight excluding hydrogens is 308 g/mol. The van der Waals surface area contributed by atoms with Crippen molar-refractivity contribution in [3.8, 4) is 0 Å². The zero-order chi connectivity index (χ0) is 18.2. The summed E-state index contributed by atoms with van der Waals surface area (Å²) in [6, 6.07) is 14.9. The maximum Gasteiger partial charge on any atom is 0.224 e. The molecule has 0 aromatic heterocycles. The fourth-order valence-electron chi connectivity index (χ4n) is 2.99. The summed E-state index contributed by atoms with van der Waals surface area (Å²) in [7, 11) is 2.11. The summed E-state index contributed by atoms with van der Waals surface area (Å²) in [6.45, 7) is 8.06. The smallest absolute Gasteiger partial charge is 0.224 e. The van der Waals surface area contributed by atoms with Gasteiger partial charge in [-0.2, -0.15) is 0 Å². The molecule has 25 heavy (non-hydrogen) atoms. The lowest BCUT2D eigenvalue weighted by Gasteiger charge is -2.17.